The lowest BCUT2D eigenvalue weighted by Crippen LogP contribution is -2.20. The molecule has 20 heavy (non-hydrogen) atoms. The van der Waals surface area contributed by atoms with E-state index in [1.165, 1.54) is 4.88 Å². The number of hydrogen-bond acceptors (Lipinski definition) is 4. The molecular weight excluding hydrogens is 268 g/mol. The maximum Gasteiger partial charge on any atom is 0.134 e. The van der Waals surface area contributed by atoms with Gasteiger partial charge in [-0.25, -0.2) is 4.98 Å². The predicted octanol–water partition coefficient (Wildman–Crippen LogP) is 4.39. The zero-order valence-electron chi connectivity index (χ0n) is 12.0. The lowest BCUT2D eigenvalue weighted by molar-refractivity contribution is 0.228. The smallest absolute Gasteiger partial charge is 0.134 e. The minimum Gasteiger partial charge on any atom is -0.459 e. The van der Waals surface area contributed by atoms with E-state index < -0.39 is 0 Å². The van der Waals surface area contributed by atoms with Crippen LogP contribution in [-0.4, -0.2) is 16.9 Å². The van der Waals surface area contributed by atoms with Crippen LogP contribution in [-0.2, 0) is 6.54 Å². The monoisotopic (exact) mass is 286 g/mol. The number of thiazole rings is 1. The Morgan fingerprint density at radius 1 is 1.35 bits per heavy atom. The van der Waals surface area contributed by atoms with Crippen LogP contribution in [0, 0.1) is 6.92 Å². The largest absolute Gasteiger partial charge is 0.459 e. The molecule has 0 saturated carbocycles. The highest BCUT2D eigenvalue weighted by atomic mass is 32.1. The molecule has 0 spiro atoms. The van der Waals surface area contributed by atoms with Gasteiger partial charge < -0.3 is 4.42 Å². The van der Waals surface area contributed by atoms with Gasteiger partial charge in [-0.3, -0.25) is 4.90 Å². The summed E-state index contributed by atoms with van der Waals surface area (Å²) in [5.74, 6) is 1.01. The zero-order valence-corrected chi connectivity index (χ0v) is 12.8. The van der Waals surface area contributed by atoms with E-state index in [0.717, 1.165) is 28.3 Å². The first-order valence-corrected chi connectivity index (χ1v) is 7.55. The molecular formula is C16H18N2OS. The van der Waals surface area contributed by atoms with Gasteiger partial charge >= 0.3 is 0 Å². The van der Waals surface area contributed by atoms with Gasteiger partial charge in [0.15, 0.2) is 0 Å². The van der Waals surface area contributed by atoms with Crippen molar-refractivity contribution in [3.05, 3.63) is 52.2 Å². The molecule has 0 amide bonds. The van der Waals surface area contributed by atoms with Crippen molar-refractivity contribution >= 4 is 22.3 Å². The van der Waals surface area contributed by atoms with Crippen molar-refractivity contribution in [1.82, 2.24) is 9.88 Å². The Kier molecular flexibility index (Phi) is 3.59. The van der Waals surface area contributed by atoms with E-state index in [-0.39, 0.29) is 6.04 Å². The Hall–Kier alpha value is -1.65. The molecule has 0 bridgehead atoms. The van der Waals surface area contributed by atoms with Gasteiger partial charge in [0.2, 0.25) is 0 Å². The summed E-state index contributed by atoms with van der Waals surface area (Å²) in [6.45, 7) is 5.10. The highest BCUT2D eigenvalue weighted by molar-refractivity contribution is 7.11. The van der Waals surface area contributed by atoms with Crippen molar-refractivity contribution in [2.24, 2.45) is 0 Å². The molecule has 0 unspecified atom stereocenters. The molecule has 0 saturated heterocycles. The van der Waals surface area contributed by atoms with Gasteiger partial charge in [-0.05, 0) is 33.0 Å². The van der Waals surface area contributed by atoms with Gasteiger partial charge in [0.25, 0.3) is 0 Å². The Bertz CT molecular complexity index is 683. The first-order chi connectivity index (χ1) is 9.63. The molecule has 2 heterocycles. The SMILES string of the molecule is Cc1ncc(CN(C)[C@H](C)c2cc3ccccc3o2)s1. The number of benzene rings is 1. The Labute approximate surface area is 122 Å². The van der Waals surface area contributed by atoms with Crippen molar-refractivity contribution in [2.45, 2.75) is 26.4 Å². The van der Waals surface area contributed by atoms with Gasteiger partial charge in [0.05, 0.1) is 11.0 Å². The number of fused-ring (bicyclic) bond motifs is 1. The van der Waals surface area contributed by atoms with E-state index in [9.17, 15) is 0 Å². The van der Waals surface area contributed by atoms with E-state index in [1.807, 2.05) is 31.3 Å². The zero-order chi connectivity index (χ0) is 14.1. The Morgan fingerprint density at radius 2 is 2.15 bits per heavy atom. The second-order valence-electron chi connectivity index (χ2n) is 5.12. The number of hydrogen-bond donors (Lipinski definition) is 0. The molecule has 104 valence electrons. The van der Waals surface area contributed by atoms with Crippen molar-refractivity contribution < 1.29 is 4.42 Å². The lowest BCUT2D eigenvalue weighted by atomic mass is 10.2. The van der Waals surface area contributed by atoms with E-state index >= 15 is 0 Å². The average molecular weight is 286 g/mol. The van der Waals surface area contributed by atoms with E-state index in [0.29, 0.717) is 0 Å². The second-order valence-corrected chi connectivity index (χ2v) is 6.44. The maximum atomic E-state index is 5.94. The minimum atomic E-state index is 0.241. The van der Waals surface area contributed by atoms with Crippen molar-refractivity contribution in [1.29, 1.82) is 0 Å². The summed E-state index contributed by atoms with van der Waals surface area (Å²) >= 11 is 1.75. The number of para-hydroxylation sites is 1. The fourth-order valence-electron chi connectivity index (χ4n) is 2.29. The lowest BCUT2D eigenvalue weighted by Gasteiger charge is -2.21. The van der Waals surface area contributed by atoms with E-state index in [4.69, 9.17) is 4.42 Å². The first kappa shape index (κ1) is 13.3. The van der Waals surface area contributed by atoms with Crippen LogP contribution in [0.1, 0.15) is 28.6 Å². The summed E-state index contributed by atoms with van der Waals surface area (Å²) in [7, 11) is 2.12. The minimum absolute atomic E-state index is 0.241. The van der Waals surface area contributed by atoms with Crippen molar-refractivity contribution in [2.75, 3.05) is 7.05 Å². The molecule has 0 N–H and O–H groups in total. The fraction of sp³-hybridized carbons (Fsp3) is 0.312. The first-order valence-electron chi connectivity index (χ1n) is 6.73. The predicted molar refractivity (Wildman–Crippen MR) is 82.9 cm³/mol. The third-order valence-corrected chi connectivity index (χ3v) is 4.49. The second kappa shape index (κ2) is 5.38. The van der Waals surface area contributed by atoms with Gasteiger partial charge in [-0.2, -0.15) is 0 Å². The Balaban J connectivity index is 1.78. The van der Waals surface area contributed by atoms with Crippen LogP contribution in [0.4, 0.5) is 0 Å². The van der Waals surface area contributed by atoms with Crippen molar-refractivity contribution in [3.63, 3.8) is 0 Å². The van der Waals surface area contributed by atoms with E-state index in [2.05, 4.69) is 36.0 Å². The number of aryl methyl sites for hydroxylation is 1. The summed E-state index contributed by atoms with van der Waals surface area (Å²) in [4.78, 5) is 7.87. The highest BCUT2D eigenvalue weighted by Crippen LogP contribution is 2.28. The maximum absolute atomic E-state index is 5.94. The number of nitrogens with zero attached hydrogens (tertiary/aromatic N) is 2. The molecule has 3 aromatic rings. The Morgan fingerprint density at radius 3 is 2.85 bits per heavy atom. The van der Waals surface area contributed by atoms with Crippen LogP contribution in [0.2, 0.25) is 0 Å². The number of furan rings is 1. The van der Waals surface area contributed by atoms with Crippen LogP contribution >= 0.6 is 11.3 Å². The van der Waals surface area contributed by atoms with Gasteiger partial charge in [0.1, 0.15) is 11.3 Å². The van der Waals surface area contributed by atoms with Crippen LogP contribution in [0.15, 0.2) is 40.9 Å². The molecule has 2 aromatic heterocycles. The van der Waals surface area contributed by atoms with Gasteiger partial charge in [-0.1, -0.05) is 18.2 Å². The average Bonchev–Trinajstić information content (AvgIpc) is 3.03. The molecule has 0 aliphatic rings. The van der Waals surface area contributed by atoms with Gasteiger partial charge in [-0.15, -0.1) is 11.3 Å². The summed E-state index contributed by atoms with van der Waals surface area (Å²) in [5, 5.41) is 2.28. The summed E-state index contributed by atoms with van der Waals surface area (Å²) in [5.41, 5.74) is 0.955. The summed E-state index contributed by atoms with van der Waals surface area (Å²) < 4.78 is 5.94. The summed E-state index contributed by atoms with van der Waals surface area (Å²) in [6.07, 6.45) is 1.96. The molecule has 1 atom stereocenters. The molecule has 4 heteroatoms. The third kappa shape index (κ3) is 2.62. The fourth-order valence-corrected chi connectivity index (χ4v) is 3.15. The van der Waals surface area contributed by atoms with Crippen LogP contribution in [0.3, 0.4) is 0 Å². The van der Waals surface area contributed by atoms with Crippen molar-refractivity contribution in [3.8, 4) is 0 Å². The molecule has 3 nitrogen and oxygen atoms in total. The molecule has 0 aliphatic carbocycles. The normalized spacial score (nSPS) is 13.2. The number of aromatic nitrogens is 1. The molecule has 0 fully saturated rings. The topological polar surface area (TPSA) is 29.3 Å². The van der Waals surface area contributed by atoms with Gasteiger partial charge in [0, 0.05) is 23.0 Å². The van der Waals surface area contributed by atoms with Crippen LogP contribution in [0.25, 0.3) is 11.0 Å². The molecule has 0 radical (unpaired) electrons. The summed E-state index contributed by atoms with van der Waals surface area (Å²) in [6, 6.07) is 10.5. The highest BCUT2D eigenvalue weighted by Gasteiger charge is 2.17. The molecule has 0 aliphatic heterocycles. The van der Waals surface area contributed by atoms with Crippen LogP contribution < -0.4 is 0 Å². The number of rotatable bonds is 4. The van der Waals surface area contributed by atoms with E-state index in [1.54, 1.807) is 11.3 Å². The third-order valence-electron chi connectivity index (χ3n) is 3.59. The molecule has 1 aromatic carbocycles. The van der Waals surface area contributed by atoms with Crippen LogP contribution in [0.5, 0.6) is 0 Å². The molecule has 3 rings (SSSR count). The standard InChI is InChI=1S/C16H18N2OS/c1-11(18(3)10-14-9-17-12(2)20-14)16-8-13-6-4-5-7-15(13)19-16/h4-9,11H,10H2,1-3H3/t11-/m1/s1. The quantitative estimate of drug-likeness (QED) is 0.712.